The van der Waals surface area contributed by atoms with Crippen LogP contribution in [0.2, 0.25) is 0 Å². The van der Waals surface area contributed by atoms with Crippen LogP contribution in [0.3, 0.4) is 0 Å². The minimum absolute atomic E-state index is 0.181. The smallest absolute Gasteiger partial charge is 0.327 e. The van der Waals surface area contributed by atoms with Crippen LogP contribution in [0.25, 0.3) is 11.2 Å². The van der Waals surface area contributed by atoms with E-state index in [4.69, 9.17) is 10.8 Å². The number of aromatic nitrogens is 4. The Labute approximate surface area is 128 Å². The molecule has 3 rings (SSSR count). The summed E-state index contributed by atoms with van der Waals surface area (Å²) in [5.74, 6) is 1.31. The Morgan fingerprint density at radius 2 is 2.09 bits per heavy atom. The van der Waals surface area contributed by atoms with Gasteiger partial charge in [0.15, 0.2) is 11.5 Å². The maximum absolute atomic E-state index is 12.2. The third kappa shape index (κ3) is 2.84. The first-order chi connectivity index (χ1) is 10.6. The molecule has 1 aliphatic heterocycles. The summed E-state index contributed by atoms with van der Waals surface area (Å²) in [6.07, 6.45) is 2.03. The molecule has 3 heterocycles. The zero-order valence-corrected chi connectivity index (χ0v) is 12.7. The fourth-order valence-electron chi connectivity index (χ4n) is 3.13. The number of rotatable bonds is 4. The van der Waals surface area contributed by atoms with E-state index >= 15 is 0 Å². The third-order valence-corrected chi connectivity index (χ3v) is 4.33. The Morgan fingerprint density at radius 1 is 1.36 bits per heavy atom. The number of aliphatic hydroxyl groups is 1. The van der Waals surface area contributed by atoms with Crippen molar-refractivity contribution in [1.82, 2.24) is 24.4 Å². The van der Waals surface area contributed by atoms with Crippen LogP contribution >= 0.6 is 0 Å². The second-order valence-electron chi connectivity index (χ2n) is 5.90. The Kier molecular flexibility index (Phi) is 4.12. The van der Waals surface area contributed by atoms with Crippen LogP contribution in [-0.4, -0.2) is 55.8 Å². The first-order valence-corrected chi connectivity index (χ1v) is 7.64. The van der Waals surface area contributed by atoms with Gasteiger partial charge in [-0.15, -0.1) is 0 Å². The number of aromatic amines is 1. The average molecular weight is 306 g/mol. The highest BCUT2D eigenvalue weighted by molar-refractivity contribution is 5.81. The fraction of sp³-hybridized carbons (Fsp3) is 0.643. The molecule has 0 radical (unpaired) electrons. The number of nitrogens with zero attached hydrogens (tertiary/aromatic N) is 4. The van der Waals surface area contributed by atoms with Crippen molar-refractivity contribution >= 4 is 17.0 Å². The first-order valence-electron chi connectivity index (χ1n) is 7.64. The number of nitrogen functional groups attached to an aromatic ring is 1. The molecule has 2 aromatic heterocycles. The van der Waals surface area contributed by atoms with Crippen LogP contribution in [0.4, 0.5) is 5.82 Å². The molecule has 1 saturated heterocycles. The molecule has 0 saturated carbocycles. The lowest BCUT2D eigenvalue weighted by molar-refractivity contribution is 0.141. The van der Waals surface area contributed by atoms with Gasteiger partial charge in [-0.25, -0.2) is 14.8 Å². The first kappa shape index (κ1) is 15.0. The Balaban J connectivity index is 1.80. The number of imidazole rings is 1. The Morgan fingerprint density at radius 3 is 2.77 bits per heavy atom. The van der Waals surface area contributed by atoms with E-state index in [0.29, 0.717) is 35.3 Å². The zero-order valence-electron chi connectivity index (χ0n) is 12.7. The predicted molar refractivity (Wildman–Crippen MR) is 83.5 cm³/mol. The van der Waals surface area contributed by atoms with Gasteiger partial charge in [0.05, 0.1) is 6.61 Å². The molecule has 0 spiro atoms. The summed E-state index contributed by atoms with van der Waals surface area (Å²) >= 11 is 0. The molecule has 1 fully saturated rings. The van der Waals surface area contributed by atoms with Crippen molar-refractivity contribution in [2.24, 2.45) is 5.92 Å². The number of hydrogen-bond donors (Lipinski definition) is 3. The average Bonchev–Trinajstić information content (AvgIpc) is 2.79. The zero-order chi connectivity index (χ0) is 15.7. The minimum atomic E-state index is -0.181. The molecule has 8 heteroatoms. The molecule has 0 unspecified atom stereocenters. The molecule has 0 bridgehead atoms. The molecule has 0 aliphatic carbocycles. The van der Waals surface area contributed by atoms with Crippen molar-refractivity contribution in [3.63, 3.8) is 0 Å². The number of aliphatic hydroxyl groups excluding tert-OH is 1. The number of aryl methyl sites for hydroxylation is 1. The van der Waals surface area contributed by atoms with Gasteiger partial charge in [-0.1, -0.05) is 0 Å². The number of H-pyrrole nitrogens is 1. The summed E-state index contributed by atoms with van der Waals surface area (Å²) in [5, 5.41) is 8.98. The van der Waals surface area contributed by atoms with Gasteiger partial charge in [-0.2, -0.15) is 0 Å². The number of likely N-dealkylation sites (tertiary alicyclic amines) is 1. The third-order valence-electron chi connectivity index (χ3n) is 4.33. The highest BCUT2D eigenvalue weighted by Gasteiger charge is 2.21. The molecule has 0 atom stereocenters. The van der Waals surface area contributed by atoms with Gasteiger partial charge in [0.25, 0.3) is 0 Å². The van der Waals surface area contributed by atoms with E-state index in [1.54, 1.807) is 11.5 Å². The topological polar surface area (TPSA) is 113 Å². The SMILES string of the molecule is Cc1nc(N)c2[nH]c(=O)n(CC3CCN(CCO)CC3)c2n1. The molecular weight excluding hydrogens is 284 g/mol. The van der Waals surface area contributed by atoms with Gasteiger partial charge in [0.1, 0.15) is 11.3 Å². The number of hydrogen-bond acceptors (Lipinski definition) is 6. The second-order valence-corrected chi connectivity index (χ2v) is 5.90. The Bertz CT molecular complexity index is 714. The molecule has 22 heavy (non-hydrogen) atoms. The lowest BCUT2D eigenvalue weighted by atomic mass is 9.97. The van der Waals surface area contributed by atoms with Gasteiger partial charge >= 0.3 is 5.69 Å². The molecule has 120 valence electrons. The number of piperidine rings is 1. The summed E-state index contributed by atoms with van der Waals surface area (Å²) in [6.45, 7) is 5.24. The highest BCUT2D eigenvalue weighted by Crippen LogP contribution is 2.21. The molecule has 4 N–H and O–H groups in total. The van der Waals surface area contributed by atoms with Gasteiger partial charge in [-0.3, -0.25) is 4.57 Å². The maximum Gasteiger partial charge on any atom is 0.327 e. The van der Waals surface area contributed by atoms with E-state index < -0.39 is 0 Å². The molecular formula is C14H22N6O2. The van der Waals surface area contributed by atoms with E-state index in [0.717, 1.165) is 32.5 Å². The van der Waals surface area contributed by atoms with Crippen LogP contribution in [0.5, 0.6) is 0 Å². The highest BCUT2D eigenvalue weighted by atomic mass is 16.3. The lowest BCUT2D eigenvalue weighted by Crippen LogP contribution is -2.37. The molecule has 2 aromatic rings. The summed E-state index contributed by atoms with van der Waals surface area (Å²) < 4.78 is 1.67. The number of anilines is 1. The van der Waals surface area contributed by atoms with E-state index in [9.17, 15) is 4.79 Å². The van der Waals surface area contributed by atoms with Crippen molar-refractivity contribution in [3.8, 4) is 0 Å². The minimum Gasteiger partial charge on any atom is -0.395 e. The van der Waals surface area contributed by atoms with Gasteiger partial charge in [-0.05, 0) is 38.8 Å². The van der Waals surface area contributed by atoms with Crippen molar-refractivity contribution in [3.05, 3.63) is 16.3 Å². The quantitative estimate of drug-likeness (QED) is 0.715. The van der Waals surface area contributed by atoms with E-state index in [2.05, 4.69) is 19.9 Å². The number of fused-ring (bicyclic) bond motifs is 1. The molecule has 0 amide bonds. The molecule has 1 aliphatic rings. The number of β-amino-alcohol motifs (C(OH)–C–C–N with tert-alkyl or cyclic N) is 1. The van der Waals surface area contributed by atoms with E-state index in [1.807, 2.05) is 0 Å². The van der Waals surface area contributed by atoms with Gasteiger partial charge in [0, 0.05) is 13.1 Å². The Hall–Kier alpha value is -1.93. The van der Waals surface area contributed by atoms with Crippen LogP contribution < -0.4 is 11.4 Å². The largest absolute Gasteiger partial charge is 0.395 e. The summed E-state index contributed by atoms with van der Waals surface area (Å²) in [4.78, 5) is 25.6. The van der Waals surface area contributed by atoms with E-state index in [-0.39, 0.29) is 12.3 Å². The van der Waals surface area contributed by atoms with Crippen LogP contribution in [0.15, 0.2) is 4.79 Å². The van der Waals surface area contributed by atoms with Crippen molar-refractivity contribution in [2.75, 3.05) is 32.0 Å². The van der Waals surface area contributed by atoms with Crippen molar-refractivity contribution < 1.29 is 5.11 Å². The number of nitrogens with one attached hydrogen (secondary N) is 1. The monoisotopic (exact) mass is 306 g/mol. The van der Waals surface area contributed by atoms with Crippen LogP contribution in [0, 0.1) is 12.8 Å². The second kappa shape index (κ2) is 6.05. The van der Waals surface area contributed by atoms with Crippen LogP contribution in [-0.2, 0) is 6.54 Å². The normalized spacial score (nSPS) is 17.4. The lowest BCUT2D eigenvalue weighted by Gasteiger charge is -2.31. The summed E-state index contributed by atoms with van der Waals surface area (Å²) in [5.41, 5.74) is 6.79. The number of nitrogens with two attached hydrogens (primary N) is 1. The van der Waals surface area contributed by atoms with Crippen LogP contribution in [0.1, 0.15) is 18.7 Å². The van der Waals surface area contributed by atoms with Crippen molar-refractivity contribution in [1.29, 1.82) is 0 Å². The van der Waals surface area contributed by atoms with E-state index in [1.165, 1.54) is 0 Å². The maximum atomic E-state index is 12.2. The standard InChI is InChI=1S/C14H22N6O2/c1-9-16-12(15)11-13(17-9)20(14(22)18-11)8-10-2-4-19(5-3-10)6-7-21/h10,21H,2-8H2,1H3,(H,18,22)(H2,15,16,17). The molecule has 0 aromatic carbocycles. The summed E-state index contributed by atoms with van der Waals surface area (Å²) in [7, 11) is 0. The predicted octanol–water partition coefficient (Wildman–Crippen LogP) is -0.285. The fourth-order valence-corrected chi connectivity index (χ4v) is 3.13. The van der Waals surface area contributed by atoms with Crippen molar-refractivity contribution in [2.45, 2.75) is 26.3 Å². The molecule has 8 nitrogen and oxygen atoms in total. The summed E-state index contributed by atoms with van der Waals surface area (Å²) in [6, 6.07) is 0. The van der Waals surface area contributed by atoms with Gasteiger partial charge < -0.3 is 20.7 Å². The van der Waals surface area contributed by atoms with Gasteiger partial charge in [0.2, 0.25) is 0 Å².